The van der Waals surface area contributed by atoms with Gasteiger partial charge in [-0.05, 0) is 6.42 Å². The summed E-state index contributed by atoms with van der Waals surface area (Å²) in [6.45, 7) is 3.62. The van der Waals surface area contributed by atoms with Gasteiger partial charge in [0, 0.05) is 19.3 Å². The number of ether oxygens (including phenoxy) is 2. The molecule has 0 amide bonds. The highest BCUT2D eigenvalue weighted by molar-refractivity contribution is 4.98. The fourth-order valence-electron chi connectivity index (χ4n) is 1.07. The van der Waals surface area contributed by atoms with Crippen molar-refractivity contribution in [2.75, 3.05) is 13.2 Å². The van der Waals surface area contributed by atoms with E-state index in [0.29, 0.717) is 0 Å². The highest BCUT2D eigenvalue weighted by Crippen LogP contribution is 2.09. The van der Waals surface area contributed by atoms with Gasteiger partial charge in [0.05, 0.1) is 13.2 Å². The first-order valence-corrected chi connectivity index (χ1v) is 4.62. The van der Waals surface area contributed by atoms with E-state index < -0.39 is 0 Å². The monoisotopic (exact) mass is 168 g/mol. The maximum atomic E-state index is 5.27. The first-order valence-electron chi connectivity index (χ1n) is 4.62. The van der Waals surface area contributed by atoms with Gasteiger partial charge in [-0.15, -0.1) is 11.8 Å². The second-order valence-corrected chi connectivity index (χ2v) is 2.81. The number of hydrogen-bond acceptors (Lipinski definition) is 2. The number of unbranched alkanes of at least 4 members (excludes halogenated alkanes) is 1. The zero-order chi connectivity index (χ0) is 8.65. The molecule has 1 fully saturated rings. The lowest BCUT2D eigenvalue weighted by Gasteiger charge is -2.04. The summed E-state index contributed by atoms with van der Waals surface area (Å²) in [7, 11) is 0. The lowest BCUT2D eigenvalue weighted by molar-refractivity contribution is -0.0454. The van der Waals surface area contributed by atoms with Crippen LogP contribution in [-0.4, -0.2) is 19.5 Å². The van der Waals surface area contributed by atoms with Gasteiger partial charge in [0.15, 0.2) is 6.29 Å². The molecule has 1 heterocycles. The van der Waals surface area contributed by atoms with Gasteiger partial charge in [0.2, 0.25) is 0 Å². The van der Waals surface area contributed by atoms with Crippen molar-refractivity contribution < 1.29 is 9.47 Å². The van der Waals surface area contributed by atoms with Gasteiger partial charge in [0.1, 0.15) is 0 Å². The largest absolute Gasteiger partial charge is 0.350 e. The van der Waals surface area contributed by atoms with Gasteiger partial charge in [-0.3, -0.25) is 0 Å². The Balaban J connectivity index is 1.98. The minimum absolute atomic E-state index is 0.0147. The lowest BCUT2D eigenvalue weighted by Crippen LogP contribution is -2.05. The summed E-state index contributed by atoms with van der Waals surface area (Å²) in [5, 5.41) is 0. The van der Waals surface area contributed by atoms with Crippen LogP contribution in [-0.2, 0) is 9.47 Å². The van der Waals surface area contributed by atoms with E-state index in [1.54, 1.807) is 0 Å². The Bertz CT molecular complexity index is 160. The molecule has 0 atom stereocenters. The van der Waals surface area contributed by atoms with E-state index in [1.165, 1.54) is 0 Å². The van der Waals surface area contributed by atoms with Gasteiger partial charge >= 0.3 is 0 Å². The van der Waals surface area contributed by atoms with Crippen molar-refractivity contribution in [1.29, 1.82) is 0 Å². The fraction of sp³-hybridized carbons (Fsp3) is 0.800. The summed E-state index contributed by atoms with van der Waals surface area (Å²) in [6.07, 6.45) is 3.97. The third-order valence-corrected chi connectivity index (χ3v) is 1.70. The van der Waals surface area contributed by atoms with Crippen LogP contribution in [0, 0.1) is 11.8 Å². The maximum Gasteiger partial charge on any atom is 0.158 e. The molecular weight excluding hydrogens is 152 g/mol. The molecule has 0 saturated carbocycles. The normalized spacial score (nSPS) is 17.4. The summed E-state index contributed by atoms with van der Waals surface area (Å²) in [6, 6.07) is 0. The van der Waals surface area contributed by atoms with E-state index in [9.17, 15) is 0 Å². The molecule has 0 aromatic heterocycles. The minimum atomic E-state index is 0.0147. The van der Waals surface area contributed by atoms with Crippen LogP contribution in [0.5, 0.6) is 0 Å². The van der Waals surface area contributed by atoms with Gasteiger partial charge in [-0.1, -0.05) is 6.92 Å². The van der Waals surface area contributed by atoms with Crippen molar-refractivity contribution >= 4 is 0 Å². The Labute approximate surface area is 74.2 Å². The molecule has 0 radical (unpaired) electrons. The number of hydrogen-bond donors (Lipinski definition) is 0. The smallest absolute Gasteiger partial charge is 0.158 e. The molecule has 0 aromatic carbocycles. The van der Waals surface area contributed by atoms with Gasteiger partial charge in [-0.2, -0.15) is 0 Å². The molecule has 0 N–H and O–H groups in total. The number of rotatable bonds is 3. The van der Waals surface area contributed by atoms with E-state index in [-0.39, 0.29) is 6.29 Å². The van der Waals surface area contributed by atoms with Crippen molar-refractivity contribution in [1.82, 2.24) is 0 Å². The van der Waals surface area contributed by atoms with Crippen molar-refractivity contribution in [3.05, 3.63) is 0 Å². The lowest BCUT2D eigenvalue weighted by atomic mass is 10.3. The minimum Gasteiger partial charge on any atom is -0.350 e. The Morgan fingerprint density at radius 2 is 1.83 bits per heavy atom. The molecule has 2 heteroatoms. The molecule has 1 saturated heterocycles. The van der Waals surface area contributed by atoms with Crippen LogP contribution < -0.4 is 0 Å². The molecular formula is C10H16O2. The molecule has 0 spiro atoms. The Morgan fingerprint density at radius 1 is 1.17 bits per heavy atom. The van der Waals surface area contributed by atoms with Gasteiger partial charge < -0.3 is 9.47 Å². The van der Waals surface area contributed by atoms with Crippen LogP contribution in [0.25, 0.3) is 0 Å². The molecule has 68 valence electrons. The van der Waals surface area contributed by atoms with E-state index in [1.807, 2.05) is 0 Å². The van der Waals surface area contributed by atoms with Crippen LogP contribution in [0.15, 0.2) is 0 Å². The van der Waals surface area contributed by atoms with Crippen molar-refractivity contribution in [2.45, 2.75) is 38.9 Å². The standard InChI is InChI=1S/C10H16O2/c1-2-3-4-5-6-7-10-11-8-9-12-10/h10H,2-3,6-9H2,1H3. The summed E-state index contributed by atoms with van der Waals surface area (Å²) >= 11 is 0. The third-order valence-electron chi connectivity index (χ3n) is 1.70. The SMILES string of the molecule is CCCC#CCCC1OCCO1. The van der Waals surface area contributed by atoms with Crippen LogP contribution in [0.2, 0.25) is 0 Å². The molecule has 12 heavy (non-hydrogen) atoms. The Morgan fingerprint density at radius 3 is 2.50 bits per heavy atom. The second-order valence-electron chi connectivity index (χ2n) is 2.81. The highest BCUT2D eigenvalue weighted by Gasteiger charge is 2.13. The average Bonchev–Trinajstić information content (AvgIpc) is 2.57. The van der Waals surface area contributed by atoms with Gasteiger partial charge in [0.25, 0.3) is 0 Å². The first kappa shape index (κ1) is 9.57. The van der Waals surface area contributed by atoms with E-state index in [0.717, 1.165) is 38.9 Å². The second kappa shape index (κ2) is 6.05. The van der Waals surface area contributed by atoms with Crippen LogP contribution in [0.1, 0.15) is 32.6 Å². The topological polar surface area (TPSA) is 18.5 Å². The first-order chi connectivity index (χ1) is 5.93. The molecule has 0 aromatic rings. The summed E-state index contributed by atoms with van der Waals surface area (Å²) in [5.74, 6) is 6.20. The van der Waals surface area contributed by atoms with Crippen molar-refractivity contribution in [3.63, 3.8) is 0 Å². The van der Waals surface area contributed by atoms with E-state index in [4.69, 9.17) is 9.47 Å². The predicted octanol–water partition coefficient (Wildman–Crippen LogP) is 1.94. The maximum absolute atomic E-state index is 5.27. The van der Waals surface area contributed by atoms with E-state index >= 15 is 0 Å². The summed E-state index contributed by atoms with van der Waals surface area (Å²) < 4.78 is 10.5. The molecule has 1 aliphatic heterocycles. The molecule has 1 rings (SSSR count). The fourth-order valence-corrected chi connectivity index (χ4v) is 1.07. The molecule has 2 nitrogen and oxygen atoms in total. The van der Waals surface area contributed by atoms with Gasteiger partial charge in [-0.25, -0.2) is 0 Å². The average molecular weight is 168 g/mol. The van der Waals surface area contributed by atoms with Crippen molar-refractivity contribution in [2.24, 2.45) is 0 Å². The zero-order valence-corrected chi connectivity index (χ0v) is 7.64. The summed E-state index contributed by atoms with van der Waals surface area (Å²) in [5.41, 5.74) is 0. The summed E-state index contributed by atoms with van der Waals surface area (Å²) in [4.78, 5) is 0. The van der Waals surface area contributed by atoms with Crippen LogP contribution in [0.3, 0.4) is 0 Å². The highest BCUT2D eigenvalue weighted by atomic mass is 16.7. The molecule has 1 aliphatic rings. The quantitative estimate of drug-likeness (QED) is 0.599. The van der Waals surface area contributed by atoms with Crippen LogP contribution in [0.4, 0.5) is 0 Å². The molecule has 0 unspecified atom stereocenters. The molecule has 0 aliphatic carbocycles. The van der Waals surface area contributed by atoms with E-state index in [2.05, 4.69) is 18.8 Å². The Hall–Kier alpha value is -0.520. The molecule has 0 bridgehead atoms. The van der Waals surface area contributed by atoms with Crippen molar-refractivity contribution in [3.8, 4) is 11.8 Å². The zero-order valence-electron chi connectivity index (χ0n) is 7.64. The third kappa shape index (κ3) is 3.75. The Kier molecular flexibility index (Phi) is 4.82. The van der Waals surface area contributed by atoms with Crippen LogP contribution >= 0.6 is 0 Å². The predicted molar refractivity (Wildman–Crippen MR) is 47.6 cm³/mol.